The second-order valence-corrected chi connectivity index (χ2v) is 2.84. The van der Waals surface area contributed by atoms with E-state index >= 15 is 0 Å². The zero-order valence-electron chi connectivity index (χ0n) is 5.93. The van der Waals surface area contributed by atoms with Crippen molar-refractivity contribution in [2.24, 2.45) is 0 Å². The summed E-state index contributed by atoms with van der Waals surface area (Å²) < 4.78 is 6.38. The molecule has 0 aromatic carbocycles. The summed E-state index contributed by atoms with van der Waals surface area (Å²) in [5, 5.41) is 0. The van der Waals surface area contributed by atoms with E-state index in [-0.39, 0.29) is 0 Å². The first kappa shape index (κ1) is 7.86. The average molecular weight is 202 g/mol. The van der Waals surface area contributed by atoms with Crippen LogP contribution in [0.1, 0.15) is 13.3 Å². The van der Waals surface area contributed by atoms with Crippen molar-refractivity contribution in [1.82, 2.24) is 0 Å². The maximum Gasteiger partial charge on any atom is 0.129 e. The highest BCUT2D eigenvalue weighted by molar-refractivity contribution is 9.11. The zero-order valence-corrected chi connectivity index (χ0v) is 7.52. The van der Waals surface area contributed by atoms with Gasteiger partial charge in [-0.15, -0.1) is 0 Å². The molecule has 0 amide bonds. The maximum atomic E-state index is 5.31. The SMILES string of the molecule is CCOC1=C(Br)[CH]CC=C1. The molecule has 10 heavy (non-hydrogen) atoms. The molecule has 0 unspecified atom stereocenters. The van der Waals surface area contributed by atoms with Crippen molar-refractivity contribution < 1.29 is 4.74 Å². The summed E-state index contributed by atoms with van der Waals surface area (Å²) in [5.41, 5.74) is 0. The molecule has 1 aliphatic rings. The molecule has 1 nitrogen and oxygen atoms in total. The van der Waals surface area contributed by atoms with Gasteiger partial charge in [0.15, 0.2) is 0 Å². The normalized spacial score (nSPS) is 17.8. The lowest BCUT2D eigenvalue weighted by Gasteiger charge is -2.10. The number of halogens is 1. The lowest BCUT2D eigenvalue weighted by molar-refractivity contribution is 0.241. The quantitative estimate of drug-likeness (QED) is 0.668. The van der Waals surface area contributed by atoms with Crippen molar-refractivity contribution >= 4 is 15.9 Å². The van der Waals surface area contributed by atoms with Crippen LogP contribution in [0.15, 0.2) is 22.4 Å². The highest BCUT2D eigenvalue weighted by atomic mass is 79.9. The van der Waals surface area contributed by atoms with Gasteiger partial charge in [0.05, 0.1) is 6.61 Å². The second-order valence-electron chi connectivity index (χ2n) is 1.99. The van der Waals surface area contributed by atoms with Gasteiger partial charge in [-0.25, -0.2) is 0 Å². The first-order chi connectivity index (χ1) is 4.84. The monoisotopic (exact) mass is 201 g/mol. The van der Waals surface area contributed by atoms with E-state index in [0.717, 1.165) is 23.3 Å². The molecule has 0 atom stereocenters. The van der Waals surface area contributed by atoms with Crippen molar-refractivity contribution in [2.75, 3.05) is 6.61 Å². The minimum absolute atomic E-state index is 0.725. The third-order valence-corrected chi connectivity index (χ3v) is 1.95. The van der Waals surface area contributed by atoms with Gasteiger partial charge in [0.25, 0.3) is 0 Å². The van der Waals surface area contributed by atoms with Crippen LogP contribution in [0, 0.1) is 6.42 Å². The van der Waals surface area contributed by atoms with E-state index in [9.17, 15) is 0 Å². The molecule has 0 heterocycles. The minimum Gasteiger partial charge on any atom is -0.493 e. The predicted molar refractivity (Wildman–Crippen MR) is 45.6 cm³/mol. The average Bonchev–Trinajstić information content (AvgIpc) is 1.94. The molecule has 0 bridgehead atoms. The summed E-state index contributed by atoms with van der Waals surface area (Å²) in [6.07, 6.45) is 7.16. The summed E-state index contributed by atoms with van der Waals surface area (Å²) in [5.74, 6) is 0.939. The molecule has 0 spiro atoms. The summed E-state index contributed by atoms with van der Waals surface area (Å²) in [7, 11) is 0. The molecule has 0 aromatic heterocycles. The topological polar surface area (TPSA) is 9.23 Å². The fraction of sp³-hybridized carbons (Fsp3) is 0.375. The lowest BCUT2D eigenvalue weighted by atomic mass is 10.2. The highest BCUT2D eigenvalue weighted by Gasteiger charge is 2.04. The van der Waals surface area contributed by atoms with E-state index in [0.29, 0.717) is 0 Å². The Balaban J connectivity index is 2.60. The van der Waals surface area contributed by atoms with E-state index in [1.54, 1.807) is 0 Å². The number of allylic oxidation sites excluding steroid dienone is 3. The Kier molecular flexibility index (Phi) is 3.00. The maximum absolute atomic E-state index is 5.31. The van der Waals surface area contributed by atoms with Crippen molar-refractivity contribution in [2.45, 2.75) is 13.3 Å². The van der Waals surface area contributed by atoms with Gasteiger partial charge in [-0.3, -0.25) is 0 Å². The van der Waals surface area contributed by atoms with Crippen molar-refractivity contribution in [1.29, 1.82) is 0 Å². The van der Waals surface area contributed by atoms with E-state index in [2.05, 4.69) is 28.4 Å². The number of hydrogen-bond donors (Lipinski definition) is 0. The zero-order chi connectivity index (χ0) is 7.40. The Bertz CT molecular complexity index is 170. The van der Waals surface area contributed by atoms with Gasteiger partial charge in [0, 0.05) is 10.9 Å². The van der Waals surface area contributed by atoms with Crippen LogP contribution in [0.25, 0.3) is 0 Å². The molecular formula is C8H10BrO. The van der Waals surface area contributed by atoms with Crippen LogP contribution in [-0.4, -0.2) is 6.61 Å². The number of ether oxygens (including phenoxy) is 1. The second kappa shape index (κ2) is 3.81. The van der Waals surface area contributed by atoms with Gasteiger partial charge < -0.3 is 4.74 Å². The van der Waals surface area contributed by atoms with Gasteiger partial charge >= 0.3 is 0 Å². The highest BCUT2D eigenvalue weighted by Crippen LogP contribution is 2.23. The minimum atomic E-state index is 0.725. The Hall–Kier alpha value is -0.240. The molecule has 0 saturated heterocycles. The van der Waals surface area contributed by atoms with E-state index in [4.69, 9.17) is 4.74 Å². The van der Waals surface area contributed by atoms with E-state index in [1.165, 1.54) is 0 Å². The molecule has 55 valence electrons. The third kappa shape index (κ3) is 1.87. The molecular weight excluding hydrogens is 192 g/mol. The Labute approximate surface area is 69.9 Å². The molecule has 0 N–H and O–H groups in total. The Morgan fingerprint density at radius 2 is 2.50 bits per heavy atom. The Morgan fingerprint density at radius 1 is 1.70 bits per heavy atom. The van der Waals surface area contributed by atoms with E-state index in [1.807, 2.05) is 13.0 Å². The third-order valence-electron chi connectivity index (χ3n) is 1.24. The number of rotatable bonds is 2. The first-order valence-corrected chi connectivity index (χ1v) is 4.16. The van der Waals surface area contributed by atoms with Crippen LogP contribution in [0.2, 0.25) is 0 Å². The molecule has 0 aliphatic heterocycles. The largest absolute Gasteiger partial charge is 0.493 e. The van der Waals surface area contributed by atoms with Gasteiger partial charge in [-0.1, -0.05) is 22.0 Å². The lowest BCUT2D eigenvalue weighted by Crippen LogP contribution is -1.94. The van der Waals surface area contributed by atoms with E-state index < -0.39 is 0 Å². The fourth-order valence-corrected chi connectivity index (χ4v) is 1.23. The van der Waals surface area contributed by atoms with Gasteiger partial charge in [-0.05, 0) is 19.4 Å². The van der Waals surface area contributed by atoms with Crippen LogP contribution >= 0.6 is 15.9 Å². The fourth-order valence-electron chi connectivity index (χ4n) is 0.799. The van der Waals surface area contributed by atoms with Crippen LogP contribution in [0.3, 0.4) is 0 Å². The standard InChI is InChI=1S/C8H10BrO/c1-2-10-8-6-4-3-5-7(8)9/h4-6H,2-3H2,1H3. The summed E-state index contributed by atoms with van der Waals surface area (Å²) >= 11 is 3.40. The smallest absolute Gasteiger partial charge is 0.129 e. The molecule has 0 aromatic rings. The van der Waals surface area contributed by atoms with Crippen LogP contribution < -0.4 is 0 Å². The predicted octanol–water partition coefficient (Wildman–Crippen LogP) is 2.79. The van der Waals surface area contributed by atoms with Gasteiger partial charge in [-0.2, -0.15) is 0 Å². The van der Waals surface area contributed by atoms with Gasteiger partial charge in [0.1, 0.15) is 5.76 Å². The van der Waals surface area contributed by atoms with Crippen molar-refractivity contribution in [3.8, 4) is 0 Å². The molecule has 1 aliphatic carbocycles. The summed E-state index contributed by atoms with van der Waals surface area (Å²) in [6, 6.07) is 0. The molecule has 1 rings (SSSR count). The molecule has 1 radical (unpaired) electrons. The Morgan fingerprint density at radius 3 is 3.10 bits per heavy atom. The van der Waals surface area contributed by atoms with Crippen molar-refractivity contribution in [3.05, 3.63) is 28.8 Å². The summed E-state index contributed by atoms with van der Waals surface area (Å²) in [6.45, 7) is 2.71. The molecule has 2 heteroatoms. The van der Waals surface area contributed by atoms with Crippen LogP contribution in [0.5, 0.6) is 0 Å². The van der Waals surface area contributed by atoms with Crippen LogP contribution in [0.4, 0.5) is 0 Å². The first-order valence-electron chi connectivity index (χ1n) is 3.37. The van der Waals surface area contributed by atoms with Gasteiger partial charge in [0.2, 0.25) is 0 Å². The van der Waals surface area contributed by atoms with Crippen LogP contribution in [-0.2, 0) is 4.74 Å². The summed E-state index contributed by atoms with van der Waals surface area (Å²) in [4.78, 5) is 0. The van der Waals surface area contributed by atoms with Crippen molar-refractivity contribution in [3.63, 3.8) is 0 Å². The number of hydrogen-bond acceptors (Lipinski definition) is 1. The molecule has 0 fully saturated rings. The molecule has 0 saturated carbocycles.